The average Bonchev–Trinajstić information content (AvgIpc) is 3.16. The number of rotatable bonds is 8. The normalized spacial score (nSPS) is 16.9. The van der Waals surface area contributed by atoms with Crippen LogP contribution in [0.5, 0.6) is 5.75 Å². The second-order valence-electron chi connectivity index (χ2n) is 8.87. The number of nitrogens with zero attached hydrogens (tertiary/aromatic N) is 1. The summed E-state index contributed by atoms with van der Waals surface area (Å²) in [6.07, 6.45) is 0.280. The predicted molar refractivity (Wildman–Crippen MR) is 141 cm³/mol. The maximum absolute atomic E-state index is 14.3. The summed E-state index contributed by atoms with van der Waals surface area (Å²) in [6, 6.07) is 28.2. The number of para-hydroxylation sites is 1. The zero-order valence-electron chi connectivity index (χ0n) is 20.1. The summed E-state index contributed by atoms with van der Waals surface area (Å²) >= 11 is 0. The number of ether oxygens (including phenoxy) is 1. The van der Waals surface area contributed by atoms with Crippen molar-refractivity contribution in [3.63, 3.8) is 0 Å². The van der Waals surface area contributed by atoms with Crippen LogP contribution in [-0.2, 0) is 26.7 Å². The standard InChI is InChI=1S/C29H25FN2O4S/c1-36-24-15-13-23(14-16-24)31-20-29(19-21-7-3-2-4-8-21)26-9-5-6-10-27(26)32(28(29)33)37(34,35)25-17-11-22(30)12-18-25/h2-18,31H,19-20H2,1H3/t29-/m0/s1. The van der Waals surface area contributed by atoms with Crippen molar-refractivity contribution in [1.29, 1.82) is 0 Å². The third-order valence-electron chi connectivity index (χ3n) is 6.62. The summed E-state index contributed by atoms with van der Waals surface area (Å²) in [5.74, 6) is -0.430. The maximum Gasteiger partial charge on any atom is 0.270 e. The van der Waals surface area contributed by atoms with E-state index in [1.165, 1.54) is 12.1 Å². The number of hydrogen-bond donors (Lipinski definition) is 1. The lowest BCUT2D eigenvalue weighted by Gasteiger charge is -2.30. The molecule has 0 aromatic heterocycles. The molecule has 1 aliphatic rings. The Bertz CT molecular complexity index is 1520. The Morgan fingerprint density at radius 3 is 2.19 bits per heavy atom. The van der Waals surface area contributed by atoms with Crippen LogP contribution in [0.2, 0.25) is 0 Å². The molecule has 188 valence electrons. The van der Waals surface area contributed by atoms with Gasteiger partial charge in [-0.2, -0.15) is 0 Å². The molecule has 0 saturated heterocycles. The molecule has 0 bridgehead atoms. The van der Waals surface area contributed by atoms with E-state index in [2.05, 4.69) is 5.32 Å². The smallest absolute Gasteiger partial charge is 0.270 e. The summed E-state index contributed by atoms with van der Waals surface area (Å²) in [6.45, 7) is 0.152. The van der Waals surface area contributed by atoms with Crippen molar-refractivity contribution in [1.82, 2.24) is 0 Å². The molecule has 0 spiro atoms. The number of anilines is 2. The maximum atomic E-state index is 14.3. The van der Waals surface area contributed by atoms with Crippen LogP contribution in [0, 0.1) is 5.82 Å². The SMILES string of the molecule is COc1ccc(NC[C@]2(Cc3ccccc3)C(=O)N(S(=O)(=O)c3ccc(F)cc3)c3ccccc32)cc1. The van der Waals surface area contributed by atoms with Gasteiger partial charge in [0.2, 0.25) is 0 Å². The number of sulfonamides is 1. The Labute approximate surface area is 215 Å². The van der Waals surface area contributed by atoms with Gasteiger partial charge in [-0.1, -0.05) is 48.5 Å². The van der Waals surface area contributed by atoms with E-state index in [-0.39, 0.29) is 17.9 Å². The second kappa shape index (κ2) is 9.71. The van der Waals surface area contributed by atoms with Crippen molar-refractivity contribution < 1.29 is 22.3 Å². The third kappa shape index (κ3) is 4.44. The summed E-state index contributed by atoms with van der Waals surface area (Å²) in [5, 5.41) is 3.34. The summed E-state index contributed by atoms with van der Waals surface area (Å²) < 4.78 is 47.2. The van der Waals surface area contributed by atoms with Crippen molar-refractivity contribution in [3.05, 3.63) is 120 Å². The van der Waals surface area contributed by atoms with Gasteiger partial charge in [0.25, 0.3) is 15.9 Å². The second-order valence-corrected chi connectivity index (χ2v) is 10.7. The molecule has 1 atom stereocenters. The Kier molecular flexibility index (Phi) is 6.43. The van der Waals surface area contributed by atoms with Crippen LogP contribution < -0.4 is 14.4 Å². The van der Waals surface area contributed by atoms with Crippen molar-refractivity contribution in [2.45, 2.75) is 16.7 Å². The van der Waals surface area contributed by atoms with Gasteiger partial charge in [-0.15, -0.1) is 0 Å². The van der Waals surface area contributed by atoms with Crippen LogP contribution >= 0.6 is 0 Å². The summed E-state index contributed by atoms with van der Waals surface area (Å²) in [5.41, 5.74) is 1.34. The van der Waals surface area contributed by atoms with Crippen LogP contribution in [0.1, 0.15) is 11.1 Å². The molecule has 4 aromatic carbocycles. The van der Waals surface area contributed by atoms with Gasteiger partial charge in [0.1, 0.15) is 11.6 Å². The van der Waals surface area contributed by atoms with E-state index in [1.807, 2.05) is 54.6 Å². The number of nitrogens with one attached hydrogen (secondary N) is 1. The summed E-state index contributed by atoms with van der Waals surface area (Å²) in [7, 11) is -2.72. The highest BCUT2D eigenvalue weighted by Crippen LogP contribution is 2.46. The van der Waals surface area contributed by atoms with Crippen LogP contribution in [0.15, 0.2) is 108 Å². The highest BCUT2D eigenvalue weighted by atomic mass is 32.2. The van der Waals surface area contributed by atoms with Crippen LogP contribution in [-0.4, -0.2) is 28.0 Å². The molecule has 0 saturated carbocycles. The molecular weight excluding hydrogens is 491 g/mol. The molecule has 1 amide bonds. The quantitative estimate of drug-likeness (QED) is 0.350. The minimum atomic E-state index is -4.30. The molecule has 8 heteroatoms. The number of methoxy groups -OCH3 is 1. The molecule has 5 rings (SSSR count). The number of halogens is 1. The topological polar surface area (TPSA) is 75.7 Å². The van der Waals surface area contributed by atoms with E-state index in [1.54, 1.807) is 31.4 Å². The fourth-order valence-electron chi connectivity index (χ4n) is 4.74. The van der Waals surface area contributed by atoms with Crippen molar-refractivity contribution in [3.8, 4) is 5.75 Å². The van der Waals surface area contributed by atoms with Crippen molar-refractivity contribution in [2.24, 2.45) is 0 Å². The first-order valence-corrected chi connectivity index (χ1v) is 13.2. The van der Waals surface area contributed by atoms with Crippen LogP contribution in [0.3, 0.4) is 0 Å². The summed E-state index contributed by atoms with van der Waals surface area (Å²) in [4.78, 5) is 14.2. The van der Waals surface area contributed by atoms with E-state index in [9.17, 15) is 17.6 Å². The number of hydrogen-bond acceptors (Lipinski definition) is 5. The van der Waals surface area contributed by atoms with Gasteiger partial charge in [-0.3, -0.25) is 4.79 Å². The molecule has 4 aromatic rings. The lowest BCUT2D eigenvalue weighted by molar-refractivity contribution is -0.121. The first kappa shape index (κ1) is 24.5. The van der Waals surface area contributed by atoms with E-state index < -0.39 is 27.2 Å². The van der Waals surface area contributed by atoms with Gasteiger partial charge >= 0.3 is 0 Å². The number of carbonyl (C=O) groups excluding carboxylic acids is 1. The lowest BCUT2D eigenvalue weighted by atomic mass is 9.76. The molecule has 0 fully saturated rings. The fraction of sp³-hybridized carbons (Fsp3) is 0.138. The molecule has 0 radical (unpaired) electrons. The molecule has 1 heterocycles. The highest BCUT2D eigenvalue weighted by Gasteiger charge is 2.54. The van der Waals surface area contributed by atoms with Gasteiger partial charge < -0.3 is 10.1 Å². The zero-order chi connectivity index (χ0) is 26.0. The molecule has 37 heavy (non-hydrogen) atoms. The van der Waals surface area contributed by atoms with E-state index >= 15 is 0 Å². The number of benzene rings is 4. The first-order chi connectivity index (χ1) is 17.8. The van der Waals surface area contributed by atoms with E-state index in [0.29, 0.717) is 17.0 Å². The van der Waals surface area contributed by atoms with E-state index in [0.717, 1.165) is 27.7 Å². The number of fused-ring (bicyclic) bond motifs is 1. The Hall–Kier alpha value is -4.17. The minimum absolute atomic E-state index is 0.152. The minimum Gasteiger partial charge on any atom is -0.497 e. The van der Waals surface area contributed by atoms with Crippen LogP contribution in [0.4, 0.5) is 15.8 Å². The zero-order valence-corrected chi connectivity index (χ0v) is 20.9. The molecule has 1 N–H and O–H groups in total. The molecule has 0 aliphatic carbocycles. The predicted octanol–water partition coefficient (Wildman–Crippen LogP) is 5.16. The van der Waals surface area contributed by atoms with Gasteiger partial charge in [0.15, 0.2) is 0 Å². The third-order valence-corrected chi connectivity index (χ3v) is 8.33. The van der Waals surface area contributed by atoms with Gasteiger partial charge in [0, 0.05) is 12.2 Å². The molecule has 6 nitrogen and oxygen atoms in total. The highest BCUT2D eigenvalue weighted by molar-refractivity contribution is 7.93. The lowest BCUT2D eigenvalue weighted by Crippen LogP contribution is -2.48. The van der Waals surface area contributed by atoms with Gasteiger partial charge in [-0.05, 0) is 72.1 Å². The Balaban J connectivity index is 1.61. The van der Waals surface area contributed by atoms with Gasteiger partial charge in [-0.25, -0.2) is 17.1 Å². The Morgan fingerprint density at radius 2 is 1.51 bits per heavy atom. The number of carbonyl (C=O) groups is 1. The van der Waals surface area contributed by atoms with Crippen molar-refractivity contribution in [2.75, 3.05) is 23.3 Å². The monoisotopic (exact) mass is 516 g/mol. The first-order valence-electron chi connectivity index (χ1n) is 11.7. The largest absolute Gasteiger partial charge is 0.497 e. The molecule has 0 unspecified atom stereocenters. The van der Waals surface area contributed by atoms with Crippen LogP contribution in [0.25, 0.3) is 0 Å². The van der Waals surface area contributed by atoms with E-state index in [4.69, 9.17) is 4.74 Å². The average molecular weight is 517 g/mol. The molecular formula is C29H25FN2O4S. The van der Waals surface area contributed by atoms with Crippen molar-refractivity contribution >= 4 is 27.3 Å². The van der Waals surface area contributed by atoms with Gasteiger partial charge in [0.05, 0.1) is 23.1 Å². The Morgan fingerprint density at radius 1 is 0.865 bits per heavy atom. The fourth-order valence-corrected chi connectivity index (χ4v) is 6.24. The molecule has 1 aliphatic heterocycles. The number of amides is 1.